The highest BCUT2D eigenvalue weighted by atomic mass is 16.5. The van der Waals surface area contributed by atoms with Gasteiger partial charge in [0.25, 0.3) is 0 Å². The molecule has 0 fully saturated rings. The van der Waals surface area contributed by atoms with Crippen LogP contribution in [-0.2, 0) is 15.6 Å². The van der Waals surface area contributed by atoms with Crippen molar-refractivity contribution < 1.29 is 14.6 Å². The molecule has 0 aliphatic carbocycles. The van der Waals surface area contributed by atoms with Crippen LogP contribution in [0.3, 0.4) is 0 Å². The molecule has 1 aromatic rings. The van der Waals surface area contributed by atoms with Crippen LogP contribution in [-0.4, -0.2) is 17.7 Å². The summed E-state index contributed by atoms with van der Waals surface area (Å²) in [6, 6.07) is 3.48. The van der Waals surface area contributed by atoms with Crippen molar-refractivity contribution in [1.82, 2.24) is 0 Å². The van der Waals surface area contributed by atoms with Gasteiger partial charge in [-0.15, -0.1) is 0 Å². The van der Waals surface area contributed by atoms with Crippen LogP contribution in [0.2, 0.25) is 0 Å². The molecular weight excluding hydrogens is 252 g/mol. The third-order valence-corrected chi connectivity index (χ3v) is 3.24. The minimum Gasteiger partial charge on any atom is -0.507 e. The average molecular weight is 278 g/mol. The van der Waals surface area contributed by atoms with Gasteiger partial charge >= 0.3 is 5.97 Å². The van der Waals surface area contributed by atoms with Crippen LogP contribution in [0.15, 0.2) is 12.1 Å². The summed E-state index contributed by atoms with van der Waals surface area (Å²) in [5.74, 6) is -0.0680. The zero-order valence-electron chi connectivity index (χ0n) is 13.6. The Morgan fingerprint density at radius 2 is 1.45 bits per heavy atom. The van der Waals surface area contributed by atoms with Gasteiger partial charge < -0.3 is 9.84 Å². The van der Waals surface area contributed by atoms with E-state index >= 15 is 0 Å². The molecule has 0 aliphatic heterocycles. The Labute approximate surface area is 122 Å². The van der Waals surface area contributed by atoms with Gasteiger partial charge in [-0.3, -0.25) is 0 Å². The van der Waals surface area contributed by atoms with E-state index in [1.54, 1.807) is 19.1 Å². The van der Waals surface area contributed by atoms with Crippen LogP contribution in [0.1, 0.15) is 70.0 Å². The standard InChI is InChI=1S/C17H26O3/c1-8-20-15(19)11-9-12(16(2,3)4)14(18)13(10-11)17(5,6)7/h9-10,18H,8H2,1-7H3. The summed E-state index contributed by atoms with van der Waals surface area (Å²) >= 11 is 0. The van der Waals surface area contributed by atoms with E-state index in [0.29, 0.717) is 12.2 Å². The van der Waals surface area contributed by atoms with E-state index in [9.17, 15) is 9.90 Å². The maximum Gasteiger partial charge on any atom is 0.338 e. The van der Waals surface area contributed by atoms with Crippen LogP contribution in [0.4, 0.5) is 0 Å². The van der Waals surface area contributed by atoms with E-state index in [-0.39, 0.29) is 22.5 Å². The first-order valence-corrected chi connectivity index (χ1v) is 7.03. The van der Waals surface area contributed by atoms with Crippen molar-refractivity contribution in [3.8, 4) is 5.75 Å². The number of aromatic hydroxyl groups is 1. The highest BCUT2D eigenvalue weighted by Crippen LogP contribution is 2.39. The Kier molecular flexibility index (Phi) is 4.52. The highest BCUT2D eigenvalue weighted by Gasteiger charge is 2.27. The lowest BCUT2D eigenvalue weighted by atomic mass is 9.78. The quantitative estimate of drug-likeness (QED) is 0.826. The predicted molar refractivity (Wildman–Crippen MR) is 81.5 cm³/mol. The van der Waals surface area contributed by atoms with Crippen molar-refractivity contribution in [2.24, 2.45) is 0 Å². The molecule has 0 unspecified atom stereocenters. The Morgan fingerprint density at radius 1 is 1.05 bits per heavy atom. The summed E-state index contributed by atoms with van der Waals surface area (Å²) in [5, 5.41) is 10.5. The van der Waals surface area contributed by atoms with Crippen molar-refractivity contribution in [3.63, 3.8) is 0 Å². The number of carbonyl (C=O) groups is 1. The molecule has 1 N–H and O–H groups in total. The number of phenolic OH excluding ortho intramolecular Hbond substituents is 1. The van der Waals surface area contributed by atoms with E-state index < -0.39 is 0 Å². The molecule has 112 valence electrons. The van der Waals surface area contributed by atoms with Crippen molar-refractivity contribution in [1.29, 1.82) is 0 Å². The van der Waals surface area contributed by atoms with Gasteiger partial charge in [0, 0.05) is 11.1 Å². The van der Waals surface area contributed by atoms with E-state index in [1.165, 1.54) is 0 Å². The van der Waals surface area contributed by atoms with Gasteiger partial charge in [-0.2, -0.15) is 0 Å². The van der Waals surface area contributed by atoms with Crippen molar-refractivity contribution >= 4 is 5.97 Å². The fourth-order valence-electron chi connectivity index (χ4n) is 2.11. The fourth-order valence-corrected chi connectivity index (χ4v) is 2.11. The molecule has 0 aliphatic rings. The number of benzene rings is 1. The van der Waals surface area contributed by atoms with Gasteiger partial charge in [-0.05, 0) is 29.9 Å². The SMILES string of the molecule is CCOC(=O)c1cc(C(C)(C)C)c(O)c(C(C)(C)C)c1. The highest BCUT2D eigenvalue weighted by molar-refractivity contribution is 5.90. The number of carbonyl (C=O) groups excluding carboxylic acids is 1. The Morgan fingerprint density at radius 3 is 1.75 bits per heavy atom. The lowest BCUT2D eigenvalue weighted by Crippen LogP contribution is -2.19. The number of hydrogen-bond donors (Lipinski definition) is 1. The van der Waals surface area contributed by atoms with Gasteiger partial charge in [0.1, 0.15) is 5.75 Å². The average Bonchev–Trinajstić information content (AvgIpc) is 2.26. The second-order valence-electron chi connectivity index (χ2n) is 7.14. The lowest BCUT2D eigenvalue weighted by molar-refractivity contribution is 0.0526. The summed E-state index contributed by atoms with van der Waals surface area (Å²) < 4.78 is 5.08. The van der Waals surface area contributed by atoms with Crippen LogP contribution in [0.5, 0.6) is 5.75 Å². The van der Waals surface area contributed by atoms with E-state index in [2.05, 4.69) is 0 Å². The second kappa shape index (κ2) is 5.47. The van der Waals surface area contributed by atoms with E-state index in [1.807, 2.05) is 41.5 Å². The molecule has 3 nitrogen and oxygen atoms in total. The van der Waals surface area contributed by atoms with Crippen LogP contribution in [0.25, 0.3) is 0 Å². The van der Waals surface area contributed by atoms with Gasteiger partial charge in [-0.25, -0.2) is 4.79 Å². The van der Waals surface area contributed by atoms with Gasteiger partial charge in [0.05, 0.1) is 12.2 Å². The molecule has 0 atom stereocenters. The lowest BCUT2D eigenvalue weighted by Gasteiger charge is -2.27. The minimum absolute atomic E-state index is 0.243. The first-order valence-electron chi connectivity index (χ1n) is 7.03. The third kappa shape index (κ3) is 3.53. The van der Waals surface area contributed by atoms with Crippen LogP contribution >= 0.6 is 0 Å². The predicted octanol–water partition coefficient (Wildman–Crippen LogP) is 4.16. The molecular formula is C17H26O3. The number of rotatable bonds is 2. The Balaban J connectivity index is 3.55. The molecule has 20 heavy (non-hydrogen) atoms. The summed E-state index contributed by atoms with van der Waals surface area (Å²) in [6.45, 7) is 14.2. The fraction of sp³-hybridized carbons (Fsp3) is 0.588. The monoisotopic (exact) mass is 278 g/mol. The Bertz CT molecular complexity index is 467. The van der Waals surface area contributed by atoms with Crippen molar-refractivity contribution in [3.05, 3.63) is 28.8 Å². The molecule has 0 bridgehead atoms. The third-order valence-electron chi connectivity index (χ3n) is 3.24. The first-order chi connectivity index (χ1) is 8.98. The van der Waals surface area contributed by atoms with Crippen LogP contribution < -0.4 is 0 Å². The first kappa shape index (κ1) is 16.5. The molecule has 0 aromatic heterocycles. The molecule has 0 saturated carbocycles. The van der Waals surface area contributed by atoms with Crippen molar-refractivity contribution in [2.45, 2.75) is 59.3 Å². The topological polar surface area (TPSA) is 46.5 Å². The summed E-state index contributed by atoms with van der Waals surface area (Å²) in [5.41, 5.74) is 1.56. The zero-order chi connectivity index (χ0) is 15.7. The largest absolute Gasteiger partial charge is 0.507 e. The zero-order valence-corrected chi connectivity index (χ0v) is 13.6. The number of phenols is 1. The molecule has 0 amide bonds. The second-order valence-corrected chi connectivity index (χ2v) is 7.14. The molecule has 0 heterocycles. The maximum absolute atomic E-state index is 12.0. The smallest absolute Gasteiger partial charge is 0.338 e. The normalized spacial score (nSPS) is 12.3. The van der Waals surface area contributed by atoms with Gasteiger partial charge in [0.2, 0.25) is 0 Å². The van der Waals surface area contributed by atoms with Gasteiger partial charge in [-0.1, -0.05) is 41.5 Å². The van der Waals surface area contributed by atoms with Gasteiger partial charge in [0.15, 0.2) is 0 Å². The Hall–Kier alpha value is -1.51. The van der Waals surface area contributed by atoms with E-state index in [4.69, 9.17) is 4.74 Å². The molecule has 0 radical (unpaired) electrons. The van der Waals surface area contributed by atoms with Crippen molar-refractivity contribution in [2.75, 3.05) is 6.61 Å². The summed E-state index contributed by atoms with van der Waals surface area (Å²) in [6.07, 6.45) is 0. The van der Waals surface area contributed by atoms with Crippen LogP contribution in [0, 0.1) is 0 Å². The maximum atomic E-state index is 12.0. The molecule has 0 saturated heterocycles. The molecule has 1 aromatic carbocycles. The molecule has 1 rings (SSSR count). The molecule has 0 spiro atoms. The molecule has 3 heteroatoms. The number of hydrogen-bond acceptors (Lipinski definition) is 3. The van der Waals surface area contributed by atoms with E-state index in [0.717, 1.165) is 11.1 Å². The number of esters is 1. The summed E-state index contributed by atoms with van der Waals surface area (Å²) in [4.78, 5) is 12.0. The summed E-state index contributed by atoms with van der Waals surface area (Å²) in [7, 11) is 0. The minimum atomic E-state index is -0.344. The number of ether oxygens (including phenoxy) is 1.